The lowest BCUT2D eigenvalue weighted by Crippen LogP contribution is -2.19. The summed E-state index contributed by atoms with van der Waals surface area (Å²) in [4.78, 5) is 16.5. The second kappa shape index (κ2) is 7.62. The third kappa shape index (κ3) is 4.10. The van der Waals surface area contributed by atoms with Crippen LogP contribution in [0.3, 0.4) is 0 Å². The van der Waals surface area contributed by atoms with E-state index in [1.807, 2.05) is 24.3 Å². The largest absolute Gasteiger partial charge is 0.457 e. The van der Waals surface area contributed by atoms with Crippen molar-refractivity contribution < 1.29 is 13.2 Å². The van der Waals surface area contributed by atoms with Gasteiger partial charge in [0.25, 0.3) is 5.56 Å². The van der Waals surface area contributed by atoms with Gasteiger partial charge >= 0.3 is 0 Å². The van der Waals surface area contributed by atoms with Crippen molar-refractivity contribution in [3.05, 3.63) is 76.0 Å². The first-order chi connectivity index (χ1) is 14.2. The molecule has 0 saturated heterocycles. The Hall–Kier alpha value is -3.11. The molecule has 0 aliphatic rings. The van der Waals surface area contributed by atoms with Crippen LogP contribution >= 0.6 is 15.9 Å². The van der Waals surface area contributed by atoms with E-state index in [2.05, 4.69) is 25.6 Å². The number of benzene rings is 2. The minimum absolute atomic E-state index is 0.198. The molecule has 10 heteroatoms. The Kier molecular flexibility index (Phi) is 5.12. The van der Waals surface area contributed by atoms with Crippen LogP contribution in [0.15, 0.2) is 70.5 Å². The van der Waals surface area contributed by atoms with Gasteiger partial charge in [-0.3, -0.25) is 13.9 Å². The Balaban J connectivity index is 1.94. The molecule has 0 radical (unpaired) electrons. The number of fused-ring (bicyclic) bond motifs is 1. The fraction of sp³-hybridized carbons (Fsp3) is 0.100. The van der Waals surface area contributed by atoms with Crippen LogP contribution in [0, 0.1) is 0 Å². The molecular weight excluding hydrogens is 472 g/mol. The highest BCUT2D eigenvalue weighted by molar-refractivity contribution is 9.10. The van der Waals surface area contributed by atoms with E-state index in [1.54, 1.807) is 35.8 Å². The first-order valence-electron chi connectivity index (χ1n) is 8.78. The minimum atomic E-state index is -3.47. The summed E-state index contributed by atoms with van der Waals surface area (Å²) in [6.45, 7) is 0. The number of sulfonamides is 1. The molecule has 2 aromatic heterocycles. The molecule has 4 aromatic rings. The van der Waals surface area contributed by atoms with Crippen LogP contribution < -0.4 is 15.0 Å². The van der Waals surface area contributed by atoms with Crippen molar-refractivity contribution >= 4 is 37.2 Å². The molecular formula is C20H17BrN4O4S. The maximum atomic E-state index is 12.4. The zero-order valence-electron chi connectivity index (χ0n) is 16.0. The van der Waals surface area contributed by atoms with Crippen LogP contribution in [0.1, 0.15) is 0 Å². The molecule has 8 nitrogen and oxygen atoms in total. The van der Waals surface area contributed by atoms with Gasteiger partial charge in [0.1, 0.15) is 17.0 Å². The number of aromatic nitrogens is 3. The molecule has 0 amide bonds. The van der Waals surface area contributed by atoms with Gasteiger partial charge in [-0.1, -0.05) is 22.0 Å². The van der Waals surface area contributed by atoms with E-state index in [9.17, 15) is 13.2 Å². The number of nitrogens with one attached hydrogen (secondary N) is 1. The number of imidazole rings is 1. The molecule has 0 saturated carbocycles. The van der Waals surface area contributed by atoms with E-state index in [0.29, 0.717) is 34.0 Å². The fourth-order valence-corrected chi connectivity index (χ4v) is 4.02. The predicted molar refractivity (Wildman–Crippen MR) is 119 cm³/mol. The monoisotopic (exact) mass is 488 g/mol. The van der Waals surface area contributed by atoms with Crippen molar-refractivity contribution in [2.45, 2.75) is 0 Å². The van der Waals surface area contributed by atoms with Crippen LogP contribution in [0.4, 0.5) is 5.69 Å². The van der Waals surface area contributed by atoms with Gasteiger partial charge in [0.05, 0.1) is 24.5 Å². The van der Waals surface area contributed by atoms with Crippen LogP contribution in [-0.2, 0) is 17.1 Å². The zero-order chi connectivity index (χ0) is 21.5. The Labute approximate surface area is 180 Å². The minimum Gasteiger partial charge on any atom is -0.457 e. The summed E-state index contributed by atoms with van der Waals surface area (Å²) in [6.07, 6.45) is 5.76. The van der Waals surface area contributed by atoms with Crippen molar-refractivity contribution in [1.29, 1.82) is 0 Å². The molecule has 2 heterocycles. The first kappa shape index (κ1) is 20.2. The maximum absolute atomic E-state index is 12.4. The zero-order valence-corrected chi connectivity index (χ0v) is 18.4. The molecule has 0 spiro atoms. The van der Waals surface area contributed by atoms with E-state index >= 15 is 0 Å². The van der Waals surface area contributed by atoms with E-state index in [0.717, 1.165) is 10.7 Å². The maximum Gasteiger partial charge on any atom is 0.276 e. The Bertz CT molecular complexity index is 1430. The molecule has 0 bridgehead atoms. The van der Waals surface area contributed by atoms with Crippen LogP contribution in [0.25, 0.3) is 16.8 Å². The predicted octanol–water partition coefficient (Wildman–Crippen LogP) is 3.63. The summed E-state index contributed by atoms with van der Waals surface area (Å²) in [6, 6.07) is 12.3. The SMILES string of the molecule is Cn1cc(-c2cc(NS(C)(=O)=O)ccc2Oc2cccc(Br)c2)n2cncc2c1=O. The third-order valence-electron chi connectivity index (χ3n) is 4.34. The molecule has 4 rings (SSSR count). The van der Waals surface area contributed by atoms with Gasteiger partial charge in [0, 0.05) is 29.0 Å². The van der Waals surface area contributed by atoms with Crippen LogP contribution in [0.2, 0.25) is 0 Å². The number of anilines is 1. The van der Waals surface area contributed by atoms with E-state index < -0.39 is 10.0 Å². The van der Waals surface area contributed by atoms with Crippen molar-refractivity contribution in [2.75, 3.05) is 11.0 Å². The summed E-state index contributed by atoms with van der Waals surface area (Å²) in [5, 5.41) is 0. The second-order valence-electron chi connectivity index (χ2n) is 6.72. The van der Waals surface area contributed by atoms with Gasteiger partial charge < -0.3 is 9.30 Å². The number of halogens is 1. The van der Waals surface area contributed by atoms with Crippen LogP contribution in [-0.4, -0.2) is 28.6 Å². The molecule has 30 heavy (non-hydrogen) atoms. The van der Waals surface area contributed by atoms with E-state index in [1.165, 1.54) is 17.1 Å². The number of hydrogen-bond donors (Lipinski definition) is 1. The van der Waals surface area contributed by atoms with Gasteiger partial charge in [-0.25, -0.2) is 13.4 Å². The summed E-state index contributed by atoms with van der Waals surface area (Å²) < 4.78 is 36.0. The fourth-order valence-electron chi connectivity index (χ4n) is 3.08. The molecule has 1 N–H and O–H groups in total. The third-order valence-corrected chi connectivity index (χ3v) is 5.44. The highest BCUT2D eigenvalue weighted by atomic mass is 79.9. The molecule has 0 aliphatic carbocycles. The van der Waals surface area contributed by atoms with Crippen molar-refractivity contribution in [3.8, 4) is 22.8 Å². The van der Waals surface area contributed by atoms with E-state index in [4.69, 9.17) is 4.74 Å². The summed E-state index contributed by atoms with van der Waals surface area (Å²) in [5.74, 6) is 1.09. The van der Waals surface area contributed by atoms with Gasteiger partial charge in [-0.15, -0.1) is 0 Å². The average Bonchev–Trinajstić information content (AvgIpc) is 3.15. The lowest BCUT2D eigenvalue weighted by atomic mass is 10.1. The van der Waals surface area contributed by atoms with Gasteiger partial charge in [0.15, 0.2) is 0 Å². The van der Waals surface area contributed by atoms with Gasteiger partial charge in [0.2, 0.25) is 10.0 Å². The number of nitrogens with zero attached hydrogens (tertiary/aromatic N) is 3. The van der Waals surface area contributed by atoms with E-state index in [-0.39, 0.29) is 5.56 Å². The number of ether oxygens (including phenoxy) is 1. The summed E-state index contributed by atoms with van der Waals surface area (Å²) in [7, 11) is -1.83. The number of aryl methyl sites for hydroxylation is 1. The summed E-state index contributed by atoms with van der Waals surface area (Å²) >= 11 is 3.42. The lowest BCUT2D eigenvalue weighted by Gasteiger charge is -2.16. The molecule has 2 aromatic carbocycles. The Morgan fingerprint density at radius 2 is 1.97 bits per heavy atom. The number of rotatable bonds is 5. The van der Waals surface area contributed by atoms with Crippen molar-refractivity contribution in [2.24, 2.45) is 7.05 Å². The quantitative estimate of drug-likeness (QED) is 0.462. The average molecular weight is 489 g/mol. The normalized spacial score (nSPS) is 11.6. The van der Waals surface area contributed by atoms with Crippen molar-refractivity contribution in [3.63, 3.8) is 0 Å². The summed E-state index contributed by atoms with van der Waals surface area (Å²) in [5.41, 5.74) is 1.77. The highest BCUT2D eigenvalue weighted by Gasteiger charge is 2.16. The molecule has 0 fully saturated rings. The van der Waals surface area contributed by atoms with Gasteiger partial charge in [-0.2, -0.15) is 0 Å². The Morgan fingerprint density at radius 1 is 1.17 bits per heavy atom. The first-order valence-corrected chi connectivity index (χ1v) is 11.5. The topological polar surface area (TPSA) is 94.7 Å². The smallest absolute Gasteiger partial charge is 0.276 e. The Morgan fingerprint density at radius 3 is 2.70 bits per heavy atom. The standard InChI is InChI=1S/C20H17BrN4O4S/c1-24-11-18(25-12-22-10-17(25)20(24)26)16-9-14(23-30(2,27)28)6-7-19(16)29-15-5-3-4-13(21)8-15/h3-12,23H,1-2H3. The molecule has 0 aliphatic heterocycles. The molecule has 0 unspecified atom stereocenters. The second-order valence-corrected chi connectivity index (χ2v) is 9.39. The van der Waals surface area contributed by atoms with Crippen molar-refractivity contribution in [1.82, 2.24) is 14.0 Å². The molecule has 154 valence electrons. The number of hydrogen-bond acceptors (Lipinski definition) is 5. The van der Waals surface area contributed by atoms with Gasteiger partial charge in [-0.05, 0) is 36.4 Å². The molecule has 0 atom stereocenters. The van der Waals surface area contributed by atoms with Crippen LogP contribution in [0.5, 0.6) is 11.5 Å². The highest BCUT2D eigenvalue weighted by Crippen LogP contribution is 2.36. The lowest BCUT2D eigenvalue weighted by molar-refractivity contribution is 0.484.